The van der Waals surface area contributed by atoms with Gasteiger partial charge in [-0.15, -0.1) is 10.2 Å². The Labute approximate surface area is 146 Å². The summed E-state index contributed by atoms with van der Waals surface area (Å²) in [5.41, 5.74) is 3.12. The van der Waals surface area contributed by atoms with E-state index in [2.05, 4.69) is 30.5 Å². The minimum Gasteiger partial charge on any atom is -0.354 e. The van der Waals surface area contributed by atoms with Gasteiger partial charge < -0.3 is 10.2 Å². The van der Waals surface area contributed by atoms with Gasteiger partial charge in [0.15, 0.2) is 5.82 Å². The number of hydrogen-bond acceptors (Lipinski definition) is 6. The number of aryl methyl sites for hydroxylation is 1. The van der Waals surface area contributed by atoms with Crippen molar-refractivity contribution in [2.45, 2.75) is 6.54 Å². The van der Waals surface area contributed by atoms with Crippen molar-refractivity contribution in [3.8, 4) is 11.3 Å². The monoisotopic (exact) mass is 335 g/mol. The molecule has 1 fully saturated rings. The zero-order valence-electron chi connectivity index (χ0n) is 14.2. The van der Waals surface area contributed by atoms with Gasteiger partial charge >= 0.3 is 0 Å². The lowest BCUT2D eigenvalue weighted by molar-refractivity contribution is 0.379. The second-order valence-electron chi connectivity index (χ2n) is 6.36. The van der Waals surface area contributed by atoms with Gasteiger partial charge in [-0.05, 0) is 30.3 Å². The Kier molecular flexibility index (Phi) is 4.39. The largest absolute Gasteiger partial charge is 0.354 e. The van der Waals surface area contributed by atoms with Crippen LogP contribution in [0.3, 0.4) is 0 Å². The van der Waals surface area contributed by atoms with Gasteiger partial charge in [0.05, 0.1) is 11.4 Å². The fourth-order valence-electron chi connectivity index (χ4n) is 3.04. The highest BCUT2D eigenvalue weighted by Crippen LogP contribution is 2.23. The number of nitrogens with one attached hydrogen (secondary N) is 1. The van der Waals surface area contributed by atoms with E-state index in [0.717, 1.165) is 43.3 Å². The molecule has 1 aliphatic rings. The van der Waals surface area contributed by atoms with Crippen LogP contribution in [-0.2, 0) is 13.6 Å². The Morgan fingerprint density at radius 3 is 2.56 bits per heavy atom. The topological polar surface area (TPSA) is 71.8 Å². The molecule has 7 heteroatoms. The van der Waals surface area contributed by atoms with Crippen molar-refractivity contribution in [3.63, 3.8) is 0 Å². The molecule has 4 heterocycles. The van der Waals surface area contributed by atoms with E-state index in [1.165, 1.54) is 5.69 Å². The second-order valence-corrected chi connectivity index (χ2v) is 6.36. The lowest BCUT2D eigenvalue weighted by Gasteiger charge is -2.40. The van der Waals surface area contributed by atoms with E-state index in [1.54, 1.807) is 12.4 Å². The third-order valence-corrected chi connectivity index (χ3v) is 4.57. The van der Waals surface area contributed by atoms with Crippen LogP contribution in [0.4, 0.5) is 5.82 Å². The summed E-state index contributed by atoms with van der Waals surface area (Å²) in [6, 6.07) is 9.99. The van der Waals surface area contributed by atoms with Gasteiger partial charge in [0, 0.05) is 63.3 Å². The van der Waals surface area contributed by atoms with Crippen molar-refractivity contribution in [2.75, 3.05) is 24.5 Å². The molecular formula is C18H21N7. The first-order valence-electron chi connectivity index (χ1n) is 8.46. The number of anilines is 1. The molecule has 0 atom stereocenters. The summed E-state index contributed by atoms with van der Waals surface area (Å²) in [6.45, 7) is 3.89. The van der Waals surface area contributed by atoms with E-state index < -0.39 is 0 Å². The first kappa shape index (κ1) is 15.7. The molecule has 0 spiro atoms. The molecule has 4 rings (SSSR count). The minimum atomic E-state index is 0.648. The number of rotatable bonds is 6. The first-order valence-corrected chi connectivity index (χ1v) is 8.46. The molecule has 3 aromatic heterocycles. The summed E-state index contributed by atoms with van der Waals surface area (Å²) in [7, 11) is 1.97. The van der Waals surface area contributed by atoms with Crippen LogP contribution in [0.25, 0.3) is 11.3 Å². The van der Waals surface area contributed by atoms with Crippen LogP contribution in [0, 0.1) is 5.92 Å². The van der Waals surface area contributed by atoms with E-state index in [1.807, 2.05) is 48.3 Å². The quantitative estimate of drug-likeness (QED) is 0.736. The highest BCUT2D eigenvalue weighted by atomic mass is 15.3. The SMILES string of the molecule is Cn1nccc1CNCC1CN(c2ccc(-c3ccncc3)nn2)C1. The predicted octanol–water partition coefficient (Wildman–Crippen LogP) is 1.50. The van der Waals surface area contributed by atoms with Crippen LogP contribution in [0.2, 0.25) is 0 Å². The zero-order chi connectivity index (χ0) is 17.1. The highest BCUT2D eigenvalue weighted by molar-refractivity contribution is 5.59. The van der Waals surface area contributed by atoms with Gasteiger partial charge in [-0.1, -0.05) is 0 Å². The van der Waals surface area contributed by atoms with Crippen molar-refractivity contribution in [1.29, 1.82) is 0 Å². The normalized spacial score (nSPS) is 14.5. The molecule has 0 radical (unpaired) electrons. The first-order chi connectivity index (χ1) is 12.3. The average Bonchev–Trinajstić information content (AvgIpc) is 3.03. The smallest absolute Gasteiger partial charge is 0.151 e. The van der Waals surface area contributed by atoms with Crippen molar-refractivity contribution in [3.05, 3.63) is 54.6 Å². The Morgan fingerprint density at radius 1 is 1.04 bits per heavy atom. The minimum absolute atomic E-state index is 0.648. The zero-order valence-corrected chi connectivity index (χ0v) is 14.2. The molecule has 128 valence electrons. The Hall–Kier alpha value is -2.80. The van der Waals surface area contributed by atoms with Crippen molar-refractivity contribution < 1.29 is 0 Å². The van der Waals surface area contributed by atoms with Crippen LogP contribution in [0.5, 0.6) is 0 Å². The molecule has 3 aromatic rings. The standard InChI is InChI=1S/C18H21N7/c1-24-16(6-9-21-24)11-20-10-14-12-25(13-14)18-3-2-17(22-23-18)15-4-7-19-8-5-15/h2-9,14,20H,10-13H2,1H3. The lowest BCUT2D eigenvalue weighted by atomic mass is 10.0. The van der Waals surface area contributed by atoms with Gasteiger partial charge in [0.1, 0.15) is 0 Å². The van der Waals surface area contributed by atoms with Crippen LogP contribution in [0.1, 0.15) is 5.69 Å². The van der Waals surface area contributed by atoms with Gasteiger partial charge in [-0.3, -0.25) is 9.67 Å². The van der Waals surface area contributed by atoms with Crippen LogP contribution in [-0.4, -0.2) is 44.6 Å². The van der Waals surface area contributed by atoms with E-state index in [0.29, 0.717) is 5.92 Å². The summed E-state index contributed by atoms with van der Waals surface area (Å²) in [6.07, 6.45) is 5.36. The number of hydrogen-bond donors (Lipinski definition) is 1. The van der Waals surface area contributed by atoms with E-state index in [-0.39, 0.29) is 0 Å². The summed E-state index contributed by atoms with van der Waals surface area (Å²) < 4.78 is 1.90. The highest BCUT2D eigenvalue weighted by Gasteiger charge is 2.27. The third kappa shape index (κ3) is 3.51. The van der Waals surface area contributed by atoms with E-state index >= 15 is 0 Å². The third-order valence-electron chi connectivity index (χ3n) is 4.57. The predicted molar refractivity (Wildman–Crippen MR) is 95.9 cm³/mol. The van der Waals surface area contributed by atoms with Crippen LogP contribution < -0.4 is 10.2 Å². The molecular weight excluding hydrogens is 314 g/mol. The maximum Gasteiger partial charge on any atom is 0.151 e. The molecule has 25 heavy (non-hydrogen) atoms. The fourth-order valence-corrected chi connectivity index (χ4v) is 3.04. The molecule has 7 nitrogen and oxygen atoms in total. The van der Waals surface area contributed by atoms with Crippen LogP contribution >= 0.6 is 0 Å². The van der Waals surface area contributed by atoms with E-state index in [4.69, 9.17) is 0 Å². The van der Waals surface area contributed by atoms with Gasteiger partial charge in [0.2, 0.25) is 0 Å². The maximum atomic E-state index is 4.37. The van der Waals surface area contributed by atoms with Gasteiger partial charge in [-0.2, -0.15) is 5.10 Å². The lowest BCUT2D eigenvalue weighted by Crippen LogP contribution is -2.51. The molecule has 1 N–H and O–H groups in total. The molecule has 0 saturated carbocycles. The van der Waals surface area contributed by atoms with Gasteiger partial charge in [0.25, 0.3) is 0 Å². The van der Waals surface area contributed by atoms with Crippen LogP contribution in [0.15, 0.2) is 48.9 Å². The average molecular weight is 335 g/mol. The summed E-state index contributed by atoms with van der Waals surface area (Å²) >= 11 is 0. The van der Waals surface area contributed by atoms with Crippen molar-refractivity contribution >= 4 is 5.82 Å². The maximum absolute atomic E-state index is 4.37. The van der Waals surface area contributed by atoms with E-state index in [9.17, 15) is 0 Å². The summed E-state index contributed by atoms with van der Waals surface area (Å²) in [4.78, 5) is 6.29. The number of pyridine rings is 1. The molecule has 0 unspecified atom stereocenters. The fraction of sp³-hybridized carbons (Fsp3) is 0.333. The number of aromatic nitrogens is 5. The molecule has 0 aromatic carbocycles. The molecule has 0 amide bonds. The Bertz CT molecular complexity index is 807. The van der Waals surface area contributed by atoms with Crippen molar-refractivity contribution in [1.82, 2.24) is 30.3 Å². The molecule has 1 aliphatic heterocycles. The number of nitrogens with zero attached hydrogens (tertiary/aromatic N) is 6. The summed E-state index contributed by atoms with van der Waals surface area (Å²) in [5.74, 6) is 1.59. The molecule has 1 saturated heterocycles. The Balaban J connectivity index is 1.25. The Morgan fingerprint density at radius 2 is 1.88 bits per heavy atom. The van der Waals surface area contributed by atoms with Gasteiger partial charge in [-0.25, -0.2) is 0 Å². The second kappa shape index (κ2) is 6.98. The van der Waals surface area contributed by atoms with Crippen molar-refractivity contribution in [2.24, 2.45) is 13.0 Å². The molecule has 0 bridgehead atoms. The summed E-state index contributed by atoms with van der Waals surface area (Å²) in [5, 5.41) is 16.4. The molecule has 0 aliphatic carbocycles.